The first-order chi connectivity index (χ1) is 10.3. The number of benzene rings is 1. The predicted molar refractivity (Wildman–Crippen MR) is 82.1 cm³/mol. The van der Waals surface area contributed by atoms with Crippen molar-refractivity contribution in [2.75, 3.05) is 5.75 Å². The molecule has 0 spiro atoms. The van der Waals surface area contributed by atoms with Gasteiger partial charge in [-0.3, -0.25) is 10.1 Å². The molecule has 2 N–H and O–H groups in total. The number of H-pyrrole nitrogens is 1. The Bertz CT molecular complexity index is 714. The van der Waals surface area contributed by atoms with Gasteiger partial charge in [-0.2, -0.15) is 0 Å². The third kappa shape index (κ3) is 3.41. The van der Waals surface area contributed by atoms with Gasteiger partial charge < -0.3 is 5.11 Å². The summed E-state index contributed by atoms with van der Waals surface area (Å²) in [5.74, 6) is 1.65. The van der Waals surface area contributed by atoms with Gasteiger partial charge >= 0.3 is 0 Å². The second-order valence-corrected chi connectivity index (χ2v) is 5.51. The van der Waals surface area contributed by atoms with Crippen LogP contribution in [0.5, 0.6) is 5.75 Å². The molecule has 0 amide bonds. The topological polar surface area (TPSA) is 74.7 Å². The van der Waals surface area contributed by atoms with Crippen molar-refractivity contribution < 1.29 is 5.11 Å². The van der Waals surface area contributed by atoms with Gasteiger partial charge in [0, 0.05) is 18.1 Å². The standard InChI is InChI=1S/C15H14N4OS/c20-13-6-2-1-5-12(13)14-17-15(19-18-14)21-9-7-11-4-3-8-16-10-11/h1-6,8,10,20H,7,9H2,(H,17,18,19). The van der Waals surface area contributed by atoms with E-state index in [4.69, 9.17) is 0 Å². The van der Waals surface area contributed by atoms with E-state index in [0.717, 1.165) is 12.2 Å². The van der Waals surface area contributed by atoms with Crippen LogP contribution in [0.1, 0.15) is 5.56 Å². The third-order valence-electron chi connectivity index (χ3n) is 2.97. The summed E-state index contributed by atoms with van der Waals surface area (Å²) < 4.78 is 0. The molecule has 106 valence electrons. The third-order valence-corrected chi connectivity index (χ3v) is 3.82. The van der Waals surface area contributed by atoms with Gasteiger partial charge in [0.1, 0.15) is 5.75 Å². The van der Waals surface area contributed by atoms with E-state index in [2.05, 4.69) is 26.2 Å². The van der Waals surface area contributed by atoms with Gasteiger partial charge in [-0.25, -0.2) is 4.98 Å². The first kappa shape index (κ1) is 13.6. The number of phenols is 1. The highest BCUT2D eigenvalue weighted by molar-refractivity contribution is 7.99. The van der Waals surface area contributed by atoms with Crippen molar-refractivity contribution >= 4 is 11.8 Å². The number of aryl methyl sites for hydroxylation is 1. The van der Waals surface area contributed by atoms with Crippen molar-refractivity contribution in [1.29, 1.82) is 0 Å². The molecule has 3 aromatic rings. The number of aromatic nitrogens is 4. The zero-order chi connectivity index (χ0) is 14.5. The highest BCUT2D eigenvalue weighted by Gasteiger charge is 2.09. The second-order valence-electron chi connectivity index (χ2n) is 4.44. The lowest BCUT2D eigenvalue weighted by molar-refractivity contribution is 0.477. The Balaban J connectivity index is 1.62. The number of hydrogen-bond donors (Lipinski definition) is 2. The molecular formula is C15H14N4OS. The Kier molecular flexibility index (Phi) is 4.16. The molecule has 5 nitrogen and oxygen atoms in total. The maximum absolute atomic E-state index is 9.80. The fourth-order valence-electron chi connectivity index (χ4n) is 1.91. The van der Waals surface area contributed by atoms with E-state index in [1.165, 1.54) is 5.56 Å². The molecule has 0 saturated carbocycles. The van der Waals surface area contributed by atoms with Crippen LogP contribution in [0, 0.1) is 0 Å². The van der Waals surface area contributed by atoms with Crippen LogP contribution >= 0.6 is 11.8 Å². The van der Waals surface area contributed by atoms with Gasteiger partial charge in [-0.1, -0.05) is 30.0 Å². The lowest BCUT2D eigenvalue weighted by Crippen LogP contribution is -1.89. The molecule has 3 rings (SSSR count). The number of thioether (sulfide) groups is 1. The number of aromatic amines is 1. The highest BCUT2D eigenvalue weighted by atomic mass is 32.2. The SMILES string of the molecule is Oc1ccccc1-c1nc(SCCc2cccnc2)n[nH]1. The molecule has 0 saturated heterocycles. The van der Waals surface area contributed by atoms with Crippen LogP contribution in [-0.2, 0) is 6.42 Å². The van der Waals surface area contributed by atoms with Crippen LogP contribution in [-0.4, -0.2) is 31.0 Å². The Morgan fingerprint density at radius 1 is 1.14 bits per heavy atom. The Morgan fingerprint density at radius 3 is 2.86 bits per heavy atom. The molecule has 0 atom stereocenters. The zero-order valence-electron chi connectivity index (χ0n) is 11.2. The van der Waals surface area contributed by atoms with E-state index >= 15 is 0 Å². The van der Waals surface area contributed by atoms with Gasteiger partial charge in [-0.05, 0) is 30.2 Å². The van der Waals surface area contributed by atoms with E-state index in [-0.39, 0.29) is 5.75 Å². The summed E-state index contributed by atoms with van der Waals surface area (Å²) in [5, 5.41) is 17.5. The maximum Gasteiger partial charge on any atom is 0.208 e. The predicted octanol–water partition coefficient (Wildman–Crippen LogP) is 2.91. The molecule has 0 aliphatic rings. The molecule has 0 aliphatic carbocycles. The fourth-order valence-corrected chi connectivity index (χ4v) is 2.70. The molecule has 0 fully saturated rings. The summed E-state index contributed by atoms with van der Waals surface area (Å²) in [4.78, 5) is 8.48. The molecule has 21 heavy (non-hydrogen) atoms. The van der Waals surface area contributed by atoms with Crippen molar-refractivity contribution in [3.63, 3.8) is 0 Å². The van der Waals surface area contributed by atoms with E-state index in [1.807, 2.05) is 18.3 Å². The molecule has 0 radical (unpaired) electrons. The van der Waals surface area contributed by atoms with Crippen LogP contribution in [0.4, 0.5) is 0 Å². The number of para-hydroxylation sites is 1. The number of pyridine rings is 1. The van der Waals surface area contributed by atoms with Gasteiger partial charge in [-0.15, -0.1) is 5.10 Å². The summed E-state index contributed by atoms with van der Waals surface area (Å²) in [5.41, 5.74) is 1.85. The molecule has 0 bridgehead atoms. The van der Waals surface area contributed by atoms with Gasteiger partial charge in [0.15, 0.2) is 5.82 Å². The van der Waals surface area contributed by atoms with Crippen LogP contribution in [0.2, 0.25) is 0 Å². The van der Waals surface area contributed by atoms with Crippen molar-refractivity contribution in [2.45, 2.75) is 11.6 Å². The van der Waals surface area contributed by atoms with E-state index in [0.29, 0.717) is 16.5 Å². The van der Waals surface area contributed by atoms with Crippen LogP contribution in [0.3, 0.4) is 0 Å². The molecule has 2 aromatic heterocycles. The number of hydrogen-bond acceptors (Lipinski definition) is 5. The van der Waals surface area contributed by atoms with E-state index in [1.54, 1.807) is 36.2 Å². The quantitative estimate of drug-likeness (QED) is 0.708. The second kappa shape index (κ2) is 6.41. The first-order valence-electron chi connectivity index (χ1n) is 6.55. The number of rotatable bonds is 5. The Morgan fingerprint density at radius 2 is 2.05 bits per heavy atom. The fraction of sp³-hybridized carbons (Fsp3) is 0.133. The smallest absolute Gasteiger partial charge is 0.208 e. The summed E-state index contributed by atoms with van der Waals surface area (Å²) in [6.07, 6.45) is 4.55. The number of phenolic OH excluding ortho intramolecular Hbond substituents is 1. The molecule has 1 aromatic carbocycles. The van der Waals surface area contributed by atoms with Crippen molar-refractivity contribution in [1.82, 2.24) is 20.2 Å². The molecule has 0 unspecified atom stereocenters. The average Bonchev–Trinajstić information content (AvgIpc) is 2.97. The Labute approximate surface area is 126 Å². The minimum atomic E-state index is 0.195. The van der Waals surface area contributed by atoms with E-state index in [9.17, 15) is 5.11 Å². The molecular weight excluding hydrogens is 284 g/mol. The van der Waals surface area contributed by atoms with Gasteiger partial charge in [0.2, 0.25) is 5.16 Å². The summed E-state index contributed by atoms with van der Waals surface area (Å²) in [6, 6.07) is 11.1. The van der Waals surface area contributed by atoms with Crippen molar-refractivity contribution in [3.05, 3.63) is 54.4 Å². The van der Waals surface area contributed by atoms with Crippen molar-refractivity contribution in [2.24, 2.45) is 0 Å². The monoisotopic (exact) mass is 298 g/mol. The minimum absolute atomic E-state index is 0.195. The van der Waals surface area contributed by atoms with Crippen LogP contribution in [0.25, 0.3) is 11.4 Å². The zero-order valence-corrected chi connectivity index (χ0v) is 12.0. The molecule has 0 aliphatic heterocycles. The van der Waals surface area contributed by atoms with Gasteiger partial charge in [0.05, 0.1) is 5.56 Å². The summed E-state index contributed by atoms with van der Waals surface area (Å²) in [6.45, 7) is 0. The van der Waals surface area contributed by atoms with E-state index < -0.39 is 0 Å². The van der Waals surface area contributed by atoms with Crippen LogP contribution < -0.4 is 0 Å². The average molecular weight is 298 g/mol. The molecule has 6 heteroatoms. The lowest BCUT2D eigenvalue weighted by Gasteiger charge is -1.99. The maximum atomic E-state index is 9.80. The normalized spacial score (nSPS) is 10.7. The van der Waals surface area contributed by atoms with Crippen molar-refractivity contribution in [3.8, 4) is 17.1 Å². The minimum Gasteiger partial charge on any atom is -0.507 e. The summed E-state index contributed by atoms with van der Waals surface area (Å²) in [7, 11) is 0. The highest BCUT2D eigenvalue weighted by Crippen LogP contribution is 2.27. The largest absolute Gasteiger partial charge is 0.507 e. The molecule has 2 heterocycles. The van der Waals surface area contributed by atoms with Gasteiger partial charge in [0.25, 0.3) is 0 Å². The summed E-state index contributed by atoms with van der Waals surface area (Å²) >= 11 is 1.57. The lowest BCUT2D eigenvalue weighted by atomic mass is 10.2. The number of nitrogens with zero attached hydrogens (tertiary/aromatic N) is 3. The number of aromatic hydroxyl groups is 1. The van der Waals surface area contributed by atoms with Crippen LogP contribution in [0.15, 0.2) is 53.9 Å². The number of nitrogens with one attached hydrogen (secondary N) is 1. The Hall–Kier alpha value is -2.34. The first-order valence-corrected chi connectivity index (χ1v) is 7.54.